The molecule has 4 aromatic rings. The standard InChI is InChI=1S/C25H27N5O4/c1-3-33-21-11-10-19(14-22(21)34-4-2)24(31)26-12-13-30-23-20(15-28-30)25(32)29(17-27-23)16-18-8-6-5-7-9-18/h5-11,14-15,17H,3-4,12-13,16H2,1-2H3,(H,26,31). The van der Waals surface area contributed by atoms with Gasteiger partial charge in [0, 0.05) is 12.1 Å². The third-order valence-corrected chi connectivity index (χ3v) is 5.23. The van der Waals surface area contributed by atoms with Crippen molar-refractivity contribution in [2.75, 3.05) is 19.8 Å². The maximum absolute atomic E-state index is 12.9. The molecule has 0 saturated carbocycles. The molecule has 0 unspecified atom stereocenters. The van der Waals surface area contributed by atoms with Crippen molar-refractivity contribution in [1.82, 2.24) is 24.6 Å². The van der Waals surface area contributed by atoms with Crippen LogP contribution in [0, 0.1) is 0 Å². The van der Waals surface area contributed by atoms with Crippen molar-refractivity contribution in [3.8, 4) is 11.5 Å². The molecule has 2 aromatic heterocycles. The minimum Gasteiger partial charge on any atom is -0.490 e. The molecule has 2 heterocycles. The Morgan fingerprint density at radius 1 is 1.03 bits per heavy atom. The summed E-state index contributed by atoms with van der Waals surface area (Å²) in [7, 11) is 0. The average Bonchev–Trinajstić information content (AvgIpc) is 3.26. The van der Waals surface area contributed by atoms with E-state index in [4.69, 9.17) is 9.47 Å². The predicted molar refractivity (Wildman–Crippen MR) is 128 cm³/mol. The molecule has 176 valence electrons. The Kier molecular flexibility index (Phi) is 7.22. The third-order valence-electron chi connectivity index (χ3n) is 5.23. The highest BCUT2D eigenvalue weighted by molar-refractivity contribution is 5.94. The number of ether oxygens (including phenoxy) is 2. The highest BCUT2D eigenvalue weighted by Gasteiger charge is 2.13. The lowest BCUT2D eigenvalue weighted by atomic mass is 10.2. The van der Waals surface area contributed by atoms with Gasteiger partial charge < -0.3 is 14.8 Å². The molecule has 0 aliphatic carbocycles. The van der Waals surface area contributed by atoms with Gasteiger partial charge in [0.25, 0.3) is 11.5 Å². The average molecular weight is 462 g/mol. The zero-order chi connectivity index (χ0) is 23.9. The molecule has 1 amide bonds. The van der Waals surface area contributed by atoms with E-state index >= 15 is 0 Å². The molecule has 0 aliphatic rings. The van der Waals surface area contributed by atoms with Crippen molar-refractivity contribution < 1.29 is 14.3 Å². The monoisotopic (exact) mass is 461 g/mol. The number of rotatable bonds is 10. The zero-order valence-corrected chi connectivity index (χ0v) is 19.2. The summed E-state index contributed by atoms with van der Waals surface area (Å²) in [6, 6.07) is 14.8. The van der Waals surface area contributed by atoms with Crippen LogP contribution < -0.4 is 20.3 Å². The van der Waals surface area contributed by atoms with Crippen LogP contribution in [0.25, 0.3) is 11.0 Å². The van der Waals surface area contributed by atoms with E-state index in [-0.39, 0.29) is 11.5 Å². The number of amides is 1. The number of hydrogen-bond donors (Lipinski definition) is 1. The third kappa shape index (κ3) is 5.09. The van der Waals surface area contributed by atoms with Crippen LogP contribution >= 0.6 is 0 Å². The fraction of sp³-hybridized carbons (Fsp3) is 0.280. The van der Waals surface area contributed by atoms with Crippen molar-refractivity contribution >= 4 is 16.9 Å². The smallest absolute Gasteiger partial charge is 0.264 e. The lowest BCUT2D eigenvalue weighted by Gasteiger charge is -2.12. The number of nitrogens with one attached hydrogen (secondary N) is 1. The largest absolute Gasteiger partial charge is 0.490 e. The van der Waals surface area contributed by atoms with E-state index in [2.05, 4.69) is 15.4 Å². The number of carbonyl (C=O) groups is 1. The van der Waals surface area contributed by atoms with Gasteiger partial charge in [-0.2, -0.15) is 5.10 Å². The van der Waals surface area contributed by atoms with E-state index in [1.807, 2.05) is 44.2 Å². The zero-order valence-electron chi connectivity index (χ0n) is 19.2. The van der Waals surface area contributed by atoms with Crippen molar-refractivity contribution in [3.05, 3.63) is 82.5 Å². The second-order valence-corrected chi connectivity index (χ2v) is 7.55. The molecule has 2 aromatic carbocycles. The van der Waals surface area contributed by atoms with E-state index < -0.39 is 0 Å². The number of carbonyl (C=O) groups excluding carboxylic acids is 1. The van der Waals surface area contributed by atoms with Crippen LogP contribution in [0.2, 0.25) is 0 Å². The Morgan fingerprint density at radius 2 is 1.79 bits per heavy atom. The second-order valence-electron chi connectivity index (χ2n) is 7.55. The van der Waals surface area contributed by atoms with Crippen molar-refractivity contribution in [2.45, 2.75) is 26.9 Å². The van der Waals surface area contributed by atoms with E-state index in [1.54, 1.807) is 27.4 Å². The van der Waals surface area contributed by atoms with E-state index in [1.165, 1.54) is 12.5 Å². The predicted octanol–water partition coefficient (Wildman–Crippen LogP) is 2.87. The van der Waals surface area contributed by atoms with Gasteiger partial charge in [0.1, 0.15) is 11.7 Å². The Balaban J connectivity index is 1.42. The molecule has 0 fully saturated rings. The van der Waals surface area contributed by atoms with E-state index in [0.717, 1.165) is 5.56 Å². The first-order valence-corrected chi connectivity index (χ1v) is 11.2. The number of nitrogens with zero attached hydrogens (tertiary/aromatic N) is 4. The van der Waals surface area contributed by atoms with E-state index in [0.29, 0.717) is 60.9 Å². The minimum absolute atomic E-state index is 0.151. The van der Waals surface area contributed by atoms with Gasteiger partial charge in [-0.05, 0) is 37.6 Å². The molecular formula is C25H27N5O4. The topological polar surface area (TPSA) is 100 Å². The molecule has 0 aliphatic heterocycles. The van der Waals surface area contributed by atoms with Gasteiger partial charge in [-0.25, -0.2) is 9.67 Å². The summed E-state index contributed by atoms with van der Waals surface area (Å²) in [5.74, 6) is 0.901. The molecule has 0 saturated heterocycles. The number of benzene rings is 2. The van der Waals surface area contributed by atoms with Crippen molar-refractivity contribution in [2.24, 2.45) is 0 Å². The quantitative estimate of drug-likeness (QED) is 0.390. The molecule has 34 heavy (non-hydrogen) atoms. The Labute approximate surface area is 197 Å². The molecule has 0 radical (unpaired) electrons. The summed E-state index contributed by atoms with van der Waals surface area (Å²) in [6.45, 7) is 5.88. The first-order valence-electron chi connectivity index (χ1n) is 11.2. The lowest BCUT2D eigenvalue weighted by molar-refractivity contribution is 0.0951. The second kappa shape index (κ2) is 10.7. The van der Waals surface area contributed by atoms with Crippen LogP contribution in [0.3, 0.4) is 0 Å². The van der Waals surface area contributed by atoms with Gasteiger partial charge in [-0.3, -0.25) is 14.2 Å². The normalized spacial score (nSPS) is 10.9. The Morgan fingerprint density at radius 3 is 2.56 bits per heavy atom. The highest BCUT2D eigenvalue weighted by Crippen LogP contribution is 2.28. The van der Waals surface area contributed by atoms with Crippen LogP contribution in [-0.4, -0.2) is 45.0 Å². The van der Waals surface area contributed by atoms with Gasteiger partial charge in [0.15, 0.2) is 17.1 Å². The van der Waals surface area contributed by atoms with E-state index in [9.17, 15) is 9.59 Å². The first kappa shape index (κ1) is 23.0. The van der Waals surface area contributed by atoms with Gasteiger partial charge in [-0.15, -0.1) is 0 Å². The molecule has 0 spiro atoms. The van der Waals surface area contributed by atoms with Crippen LogP contribution in [0.4, 0.5) is 0 Å². The number of fused-ring (bicyclic) bond motifs is 1. The summed E-state index contributed by atoms with van der Waals surface area (Å²) in [5, 5.41) is 7.61. The Bertz CT molecular complexity index is 1330. The van der Waals surface area contributed by atoms with Gasteiger partial charge in [-0.1, -0.05) is 30.3 Å². The summed E-state index contributed by atoms with van der Waals surface area (Å²) < 4.78 is 14.3. The van der Waals surface area contributed by atoms with Crippen LogP contribution in [-0.2, 0) is 13.1 Å². The summed E-state index contributed by atoms with van der Waals surface area (Å²) in [6.07, 6.45) is 3.05. The molecule has 1 N–H and O–H groups in total. The fourth-order valence-corrected chi connectivity index (χ4v) is 3.62. The summed E-state index contributed by atoms with van der Waals surface area (Å²) >= 11 is 0. The van der Waals surface area contributed by atoms with Crippen LogP contribution in [0.1, 0.15) is 29.8 Å². The molecule has 0 bridgehead atoms. The summed E-state index contributed by atoms with van der Waals surface area (Å²) in [4.78, 5) is 29.9. The Hall–Kier alpha value is -4.14. The van der Waals surface area contributed by atoms with Gasteiger partial charge in [0.05, 0.1) is 32.5 Å². The number of hydrogen-bond acceptors (Lipinski definition) is 6. The molecular weight excluding hydrogens is 434 g/mol. The van der Waals surface area contributed by atoms with Crippen molar-refractivity contribution in [3.63, 3.8) is 0 Å². The SMILES string of the molecule is CCOc1ccc(C(=O)NCCn2ncc3c(=O)n(Cc4ccccc4)cnc32)cc1OCC. The van der Waals surface area contributed by atoms with Crippen LogP contribution in [0.15, 0.2) is 65.8 Å². The lowest BCUT2D eigenvalue weighted by Crippen LogP contribution is -2.28. The van der Waals surface area contributed by atoms with Crippen molar-refractivity contribution in [1.29, 1.82) is 0 Å². The maximum Gasteiger partial charge on any atom is 0.264 e. The molecule has 4 rings (SSSR count). The van der Waals surface area contributed by atoms with Gasteiger partial charge in [0.2, 0.25) is 0 Å². The van der Waals surface area contributed by atoms with Crippen LogP contribution in [0.5, 0.6) is 11.5 Å². The first-order chi connectivity index (χ1) is 16.6. The minimum atomic E-state index is -0.237. The number of aromatic nitrogens is 4. The highest BCUT2D eigenvalue weighted by atomic mass is 16.5. The summed E-state index contributed by atoms with van der Waals surface area (Å²) in [5.41, 5.74) is 1.83. The maximum atomic E-state index is 12.9. The molecule has 0 atom stereocenters. The van der Waals surface area contributed by atoms with Gasteiger partial charge >= 0.3 is 0 Å². The fourth-order valence-electron chi connectivity index (χ4n) is 3.62. The molecule has 9 nitrogen and oxygen atoms in total. The molecule has 9 heteroatoms.